The number of ether oxygens (including phenoxy) is 1. The summed E-state index contributed by atoms with van der Waals surface area (Å²) >= 11 is 2.05. The van der Waals surface area contributed by atoms with E-state index >= 15 is 0 Å². The molecule has 1 aromatic carbocycles. The lowest BCUT2D eigenvalue weighted by molar-refractivity contribution is -0.117. The molecule has 0 aliphatic carbocycles. The number of rotatable bonds is 6. The van der Waals surface area contributed by atoms with Crippen LogP contribution in [0.3, 0.4) is 0 Å². The third-order valence-electron chi connectivity index (χ3n) is 4.49. The second kappa shape index (κ2) is 9.42. The van der Waals surface area contributed by atoms with Gasteiger partial charge in [0.05, 0.1) is 13.2 Å². The van der Waals surface area contributed by atoms with E-state index in [9.17, 15) is 4.79 Å². The number of anilines is 1. The van der Waals surface area contributed by atoms with E-state index in [1.165, 1.54) is 30.2 Å². The van der Waals surface area contributed by atoms with Gasteiger partial charge < -0.3 is 20.3 Å². The first-order valence-corrected chi connectivity index (χ1v) is 9.95. The quantitative estimate of drug-likeness (QED) is 0.817. The number of carbonyl (C=O) groups excluding carboxylic acids is 1. The summed E-state index contributed by atoms with van der Waals surface area (Å²) in [4.78, 5) is 14.6. The summed E-state index contributed by atoms with van der Waals surface area (Å²) in [6, 6.07) is 8.38. The number of carbonyl (C=O) groups is 1. The highest BCUT2D eigenvalue weighted by Gasteiger charge is 2.16. The van der Waals surface area contributed by atoms with Crippen molar-refractivity contribution in [2.24, 2.45) is 0 Å². The standard InChI is InChI=1S/C18H27N3O2S/c22-18(13-17-14-23-10-6-19-17)20-16-3-1-15(2-4-16)5-7-21-8-11-24-12-9-21/h1-4,17,19H,5-14H2,(H,20,22). The van der Waals surface area contributed by atoms with Crippen LogP contribution in [-0.2, 0) is 16.0 Å². The molecule has 3 rings (SSSR count). The molecule has 2 aliphatic heterocycles. The Morgan fingerprint density at radius 3 is 2.79 bits per heavy atom. The second-order valence-electron chi connectivity index (χ2n) is 6.38. The van der Waals surface area contributed by atoms with Gasteiger partial charge in [-0.1, -0.05) is 12.1 Å². The van der Waals surface area contributed by atoms with Gasteiger partial charge in [0.25, 0.3) is 0 Å². The maximum absolute atomic E-state index is 12.1. The SMILES string of the molecule is O=C(CC1COCCN1)Nc1ccc(CCN2CCSCC2)cc1. The lowest BCUT2D eigenvalue weighted by Crippen LogP contribution is -2.43. The van der Waals surface area contributed by atoms with Crippen LogP contribution in [0.5, 0.6) is 0 Å². The molecular weight excluding hydrogens is 322 g/mol. The molecule has 1 aromatic rings. The van der Waals surface area contributed by atoms with Gasteiger partial charge in [-0.15, -0.1) is 0 Å². The first kappa shape index (κ1) is 17.7. The Hall–Kier alpha value is -1.08. The highest BCUT2D eigenvalue weighted by atomic mass is 32.2. The predicted octanol–water partition coefficient (Wildman–Crippen LogP) is 1.59. The lowest BCUT2D eigenvalue weighted by atomic mass is 10.1. The van der Waals surface area contributed by atoms with Crippen LogP contribution in [0.4, 0.5) is 5.69 Å². The number of nitrogens with zero attached hydrogens (tertiary/aromatic N) is 1. The molecule has 2 saturated heterocycles. The van der Waals surface area contributed by atoms with Crippen LogP contribution in [0.1, 0.15) is 12.0 Å². The van der Waals surface area contributed by atoms with Crippen LogP contribution >= 0.6 is 11.8 Å². The molecule has 2 N–H and O–H groups in total. The van der Waals surface area contributed by atoms with Crippen molar-refractivity contribution in [1.29, 1.82) is 0 Å². The maximum atomic E-state index is 12.1. The van der Waals surface area contributed by atoms with E-state index in [1.54, 1.807) is 0 Å². The molecular formula is C18H27N3O2S. The first-order valence-electron chi connectivity index (χ1n) is 8.79. The Morgan fingerprint density at radius 1 is 1.29 bits per heavy atom. The van der Waals surface area contributed by atoms with E-state index in [2.05, 4.69) is 27.7 Å². The highest BCUT2D eigenvalue weighted by molar-refractivity contribution is 7.99. The largest absolute Gasteiger partial charge is 0.378 e. The van der Waals surface area contributed by atoms with Gasteiger partial charge in [-0.25, -0.2) is 0 Å². The molecule has 24 heavy (non-hydrogen) atoms. The molecule has 0 radical (unpaired) electrons. The molecule has 0 aromatic heterocycles. The predicted molar refractivity (Wildman–Crippen MR) is 99.8 cm³/mol. The Kier molecular flexibility index (Phi) is 6.96. The Labute approximate surface area is 148 Å². The molecule has 5 nitrogen and oxygen atoms in total. The zero-order valence-corrected chi connectivity index (χ0v) is 14.9. The van der Waals surface area contributed by atoms with Gasteiger partial charge in [0, 0.05) is 55.8 Å². The number of nitrogens with one attached hydrogen (secondary N) is 2. The molecule has 0 spiro atoms. The van der Waals surface area contributed by atoms with Gasteiger partial charge in [0.15, 0.2) is 0 Å². The van der Waals surface area contributed by atoms with Crippen LogP contribution in [0.2, 0.25) is 0 Å². The van der Waals surface area contributed by atoms with E-state index in [1.807, 2.05) is 23.9 Å². The molecule has 132 valence electrons. The van der Waals surface area contributed by atoms with E-state index in [0.29, 0.717) is 13.0 Å². The summed E-state index contributed by atoms with van der Waals surface area (Å²) in [5, 5.41) is 6.28. The van der Waals surface area contributed by atoms with Crippen molar-refractivity contribution >= 4 is 23.4 Å². The summed E-state index contributed by atoms with van der Waals surface area (Å²) in [5.41, 5.74) is 2.20. The van der Waals surface area contributed by atoms with Crippen molar-refractivity contribution < 1.29 is 9.53 Å². The van der Waals surface area contributed by atoms with Crippen molar-refractivity contribution in [1.82, 2.24) is 10.2 Å². The van der Waals surface area contributed by atoms with E-state index in [4.69, 9.17) is 4.74 Å². The second-order valence-corrected chi connectivity index (χ2v) is 7.60. The fourth-order valence-electron chi connectivity index (χ4n) is 3.05. The summed E-state index contributed by atoms with van der Waals surface area (Å²) < 4.78 is 5.38. The van der Waals surface area contributed by atoms with Gasteiger partial charge >= 0.3 is 0 Å². The zero-order valence-electron chi connectivity index (χ0n) is 14.1. The number of amides is 1. The highest BCUT2D eigenvalue weighted by Crippen LogP contribution is 2.13. The molecule has 6 heteroatoms. The van der Waals surface area contributed by atoms with E-state index in [0.717, 1.165) is 31.8 Å². The van der Waals surface area contributed by atoms with Crippen molar-refractivity contribution in [2.45, 2.75) is 18.9 Å². The molecule has 0 saturated carbocycles. The average molecular weight is 350 g/mol. The number of hydrogen-bond donors (Lipinski definition) is 2. The average Bonchev–Trinajstić information content (AvgIpc) is 2.63. The fourth-order valence-corrected chi connectivity index (χ4v) is 4.03. The third-order valence-corrected chi connectivity index (χ3v) is 5.43. The maximum Gasteiger partial charge on any atom is 0.226 e. The molecule has 2 aliphatic rings. The normalized spacial score (nSPS) is 22.2. The van der Waals surface area contributed by atoms with Crippen LogP contribution in [0.15, 0.2) is 24.3 Å². The fraction of sp³-hybridized carbons (Fsp3) is 0.611. The van der Waals surface area contributed by atoms with Crippen LogP contribution in [-0.4, -0.2) is 67.7 Å². The Morgan fingerprint density at radius 2 is 2.08 bits per heavy atom. The van der Waals surface area contributed by atoms with Crippen molar-refractivity contribution in [3.05, 3.63) is 29.8 Å². The van der Waals surface area contributed by atoms with Crippen molar-refractivity contribution in [3.63, 3.8) is 0 Å². The zero-order chi connectivity index (χ0) is 16.6. The molecule has 1 amide bonds. The Bertz CT molecular complexity index is 512. The molecule has 2 fully saturated rings. The monoisotopic (exact) mass is 349 g/mol. The summed E-state index contributed by atoms with van der Waals surface area (Å²) in [7, 11) is 0. The van der Waals surface area contributed by atoms with Crippen LogP contribution in [0, 0.1) is 0 Å². The minimum atomic E-state index is 0.0385. The summed E-state index contributed by atoms with van der Waals surface area (Å²) in [6.45, 7) is 5.70. The number of hydrogen-bond acceptors (Lipinski definition) is 5. The lowest BCUT2D eigenvalue weighted by Gasteiger charge is -2.26. The van der Waals surface area contributed by atoms with Crippen molar-refractivity contribution in [2.75, 3.05) is 56.2 Å². The van der Waals surface area contributed by atoms with Gasteiger partial charge in [-0.2, -0.15) is 11.8 Å². The Balaban J connectivity index is 1.41. The minimum absolute atomic E-state index is 0.0385. The number of benzene rings is 1. The first-order chi connectivity index (χ1) is 11.8. The van der Waals surface area contributed by atoms with Gasteiger partial charge in [0.2, 0.25) is 5.91 Å². The minimum Gasteiger partial charge on any atom is -0.378 e. The smallest absolute Gasteiger partial charge is 0.226 e. The van der Waals surface area contributed by atoms with E-state index < -0.39 is 0 Å². The van der Waals surface area contributed by atoms with Crippen molar-refractivity contribution in [3.8, 4) is 0 Å². The van der Waals surface area contributed by atoms with Crippen LogP contribution in [0.25, 0.3) is 0 Å². The van der Waals surface area contributed by atoms with Gasteiger partial charge in [-0.3, -0.25) is 4.79 Å². The van der Waals surface area contributed by atoms with E-state index in [-0.39, 0.29) is 11.9 Å². The van der Waals surface area contributed by atoms with Crippen LogP contribution < -0.4 is 10.6 Å². The molecule has 1 unspecified atom stereocenters. The van der Waals surface area contributed by atoms with Gasteiger partial charge in [0.1, 0.15) is 0 Å². The molecule has 0 bridgehead atoms. The van der Waals surface area contributed by atoms with Gasteiger partial charge in [-0.05, 0) is 24.1 Å². The topological polar surface area (TPSA) is 53.6 Å². The molecule has 2 heterocycles. The summed E-state index contributed by atoms with van der Waals surface area (Å²) in [5.74, 6) is 2.55. The number of morpholine rings is 1. The number of thioether (sulfide) groups is 1. The molecule has 1 atom stereocenters. The summed E-state index contributed by atoms with van der Waals surface area (Å²) in [6.07, 6.45) is 1.52. The third kappa shape index (κ3) is 5.77.